The topological polar surface area (TPSA) is 75.1 Å². The Balaban J connectivity index is 0.00000450. The Morgan fingerprint density at radius 3 is 2.33 bits per heavy atom. The van der Waals surface area contributed by atoms with Crippen LogP contribution in [0.4, 0.5) is 0 Å². The Morgan fingerprint density at radius 1 is 1.03 bits per heavy atom. The largest absolute Gasteiger partial charge is 0.508 e. The molecular formula is C23H34IN3O3. The fourth-order valence-corrected chi connectivity index (χ4v) is 2.98. The third-order valence-electron chi connectivity index (χ3n) is 4.52. The number of nitrogens with zero attached hydrogens (tertiary/aromatic N) is 1. The van der Waals surface area contributed by atoms with Crippen LogP contribution in [0.15, 0.2) is 47.5 Å². The van der Waals surface area contributed by atoms with Crippen molar-refractivity contribution in [1.29, 1.82) is 0 Å². The zero-order chi connectivity index (χ0) is 21.1. The van der Waals surface area contributed by atoms with Crippen molar-refractivity contribution in [1.82, 2.24) is 10.6 Å². The van der Waals surface area contributed by atoms with Crippen LogP contribution in [0.25, 0.3) is 0 Å². The van der Waals surface area contributed by atoms with Crippen molar-refractivity contribution >= 4 is 29.9 Å². The molecule has 0 saturated carbocycles. The molecule has 0 aliphatic carbocycles. The van der Waals surface area contributed by atoms with Gasteiger partial charge in [-0.2, -0.15) is 0 Å². The van der Waals surface area contributed by atoms with Crippen LogP contribution in [0.5, 0.6) is 17.2 Å². The molecule has 0 radical (unpaired) electrons. The van der Waals surface area contributed by atoms with E-state index >= 15 is 0 Å². The van der Waals surface area contributed by atoms with E-state index < -0.39 is 0 Å². The van der Waals surface area contributed by atoms with E-state index in [1.807, 2.05) is 44.2 Å². The lowest BCUT2D eigenvalue weighted by Crippen LogP contribution is -2.39. The standard InChI is InChI=1S/C23H33N3O3.HI/c1-5-28-21-14-11-19(16-22(21)29-6-2)17(3)26-23(24-4)25-15-7-8-18-9-12-20(27)13-10-18;/h9-14,16-17,27H,5-8,15H2,1-4H3,(H2,24,25,26);1H. The molecule has 0 aliphatic rings. The van der Waals surface area contributed by atoms with E-state index in [9.17, 15) is 5.11 Å². The highest BCUT2D eigenvalue weighted by molar-refractivity contribution is 14.0. The average molecular weight is 527 g/mol. The maximum absolute atomic E-state index is 9.35. The lowest BCUT2D eigenvalue weighted by atomic mass is 10.1. The predicted octanol–water partition coefficient (Wildman–Crippen LogP) is 4.67. The van der Waals surface area contributed by atoms with Gasteiger partial charge in [0.15, 0.2) is 17.5 Å². The van der Waals surface area contributed by atoms with Crippen molar-refractivity contribution in [2.45, 2.75) is 39.7 Å². The molecule has 0 bridgehead atoms. The number of rotatable bonds is 10. The molecule has 166 valence electrons. The smallest absolute Gasteiger partial charge is 0.191 e. The molecule has 1 atom stereocenters. The monoisotopic (exact) mass is 527 g/mol. The molecule has 0 amide bonds. The number of nitrogens with one attached hydrogen (secondary N) is 2. The first-order valence-corrected chi connectivity index (χ1v) is 10.2. The van der Waals surface area contributed by atoms with Gasteiger partial charge in [0.2, 0.25) is 0 Å². The number of benzene rings is 2. The third kappa shape index (κ3) is 8.30. The number of phenols is 1. The molecular weight excluding hydrogens is 493 g/mol. The number of aromatic hydroxyl groups is 1. The quantitative estimate of drug-likeness (QED) is 0.181. The molecule has 2 aromatic carbocycles. The zero-order valence-corrected chi connectivity index (χ0v) is 20.6. The van der Waals surface area contributed by atoms with Gasteiger partial charge in [0, 0.05) is 13.6 Å². The molecule has 0 spiro atoms. The minimum atomic E-state index is 0. The molecule has 0 fully saturated rings. The van der Waals surface area contributed by atoms with E-state index in [4.69, 9.17) is 9.47 Å². The summed E-state index contributed by atoms with van der Waals surface area (Å²) < 4.78 is 11.4. The minimum absolute atomic E-state index is 0. The molecule has 7 heteroatoms. The van der Waals surface area contributed by atoms with Gasteiger partial charge in [-0.05, 0) is 69.0 Å². The number of hydrogen-bond donors (Lipinski definition) is 3. The Morgan fingerprint density at radius 2 is 1.70 bits per heavy atom. The highest BCUT2D eigenvalue weighted by atomic mass is 127. The Bertz CT molecular complexity index is 782. The van der Waals surface area contributed by atoms with Gasteiger partial charge in [-0.15, -0.1) is 24.0 Å². The molecule has 0 aliphatic heterocycles. The summed E-state index contributed by atoms with van der Waals surface area (Å²) in [6.07, 6.45) is 1.91. The third-order valence-corrected chi connectivity index (χ3v) is 4.52. The second kappa shape index (κ2) is 14.0. The number of halogens is 1. The van der Waals surface area contributed by atoms with Gasteiger partial charge in [-0.1, -0.05) is 18.2 Å². The van der Waals surface area contributed by atoms with E-state index in [-0.39, 0.29) is 30.0 Å². The van der Waals surface area contributed by atoms with Crippen LogP contribution in [0.1, 0.15) is 44.4 Å². The van der Waals surface area contributed by atoms with Crippen LogP contribution >= 0.6 is 24.0 Å². The van der Waals surface area contributed by atoms with Crippen LogP contribution in [0.3, 0.4) is 0 Å². The summed E-state index contributed by atoms with van der Waals surface area (Å²) in [5.41, 5.74) is 2.31. The number of guanidine groups is 1. The van der Waals surface area contributed by atoms with Crippen LogP contribution in [-0.2, 0) is 6.42 Å². The van der Waals surface area contributed by atoms with Gasteiger partial charge in [-0.25, -0.2) is 0 Å². The van der Waals surface area contributed by atoms with Crippen molar-refractivity contribution in [3.05, 3.63) is 53.6 Å². The first kappa shape index (κ1) is 25.9. The zero-order valence-electron chi connectivity index (χ0n) is 18.3. The first-order chi connectivity index (χ1) is 14.1. The number of hydrogen-bond acceptors (Lipinski definition) is 4. The molecule has 6 nitrogen and oxygen atoms in total. The van der Waals surface area contributed by atoms with Crippen LogP contribution in [-0.4, -0.2) is 37.9 Å². The van der Waals surface area contributed by atoms with Crippen LogP contribution < -0.4 is 20.1 Å². The van der Waals surface area contributed by atoms with Gasteiger partial charge in [0.25, 0.3) is 0 Å². The van der Waals surface area contributed by atoms with Gasteiger partial charge < -0.3 is 25.2 Å². The summed E-state index contributed by atoms with van der Waals surface area (Å²) in [5, 5.41) is 16.1. The van der Waals surface area contributed by atoms with Crippen molar-refractivity contribution in [2.75, 3.05) is 26.8 Å². The van der Waals surface area contributed by atoms with Crippen LogP contribution in [0.2, 0.25) is 0 Å². The fraction of sp³-hybridized carbons (Fsp3) is 0.435. The second-order valence-corrected chi connectivity index (χ2v) is 6.71. The minimum Gasteiger partial charge on any atom is -0.508 e. The highest BCUT2D eigenvalue weighted by Gasteiger charge is 2.12. The van der Waals surface area contributed by atoms with Crippen molar-refractivity contribution in [3.63, 3.8) is 0 Å². The van der Waals surface area contributed by atoms with Gasteiger partial charge in [0.05, 0.1) is 19.3 Å². The molecule has 30 heavy (non-hydrogen) atoms. The van der Waals surface area contributed by atoms with Gasteiger partial charge in [0.1, 0.15) is 5.75 Å². The van der Waals surface area contributed by atoms with Gasteiger partial charge >= 0.3 is 0 Å². The SMILES string of the molecule is CCOc1ccc(C(C)NC(=NC)NCCCc2ccc(O)cc2)cc1OCC.I. The summed E-state index contributed by atoms with van der Waals surface area (Å²) in [6.45, 7) is 8.03. The van der Waals surface area contributed by atoms with E-state index in [1.165, 1.54) is 5.56 Å². The Hall–Kier alpha value is -2.16. The lowest BCUT2D eigenvalue weighted by molar-refractivity contribution is 0.287. The summed E-state index contributed by atoms with van der Waals surface area (Å²) in [5.74, 6) is 2.58. The predicted molar refractivity (Wildman–Crippen MR) is 134 cm³/mol. The molecule has 0 saturated heterocycles. The van der Waals surface area contributed by atoms with E-state index in [0.29, 0.717) is 19.0 Å². The second-order valence-electron chi connectivity index (χ2n) is 6.71. The number of ether oxygens (including phenoxy) is 2. The Labute approximate surface area is 197 Å². The summed E-state index contributed by atoms with van der Waals surface area (Å²) in [4.78, 5) is 4.32. The summed E-state index contributed by atoms with van der Waals surface area (Å²) >= 11 is 0. The first-order valence-electron chi connectivity index (χ1n) is 10.2. The number of aliphatic imine (C=N–C) groups is 1. The van der Waals surface area contributed by atoms with Crippen molar-refractivity contribution < 1.29 is 14.6 Å². The van der Waals surface area contributed by atoms with E-state index in [0.717, 1.165) is 42.4 Å². The highest BCUT2D eigenvalue weighted by Crippen LogP contribution is 2.30. The number of phenolic OH excluding ortho intramolecular Hbond substituents is 1. The molecule has 0 heterocycles. The summed E-state index contributed by atoms with van der Waals surface area (Å²) in [7, 11) is 1.77. The average Bonchev–Trinajstić information content (AvgIpc) is 2.73. The molecule has 2 aromatic rings. The molecule has 1 unspecified atom stereocenters. The molecule has 2 rings (SSSR count). The van der Waals surface area contributed by atoms with Gasteiger partial charge in [-0.3, -0.25) is 4.99 Å². The molecule has 3 N–H and O–H groups in total. The summed E-state index contributed by atoms with van der Waals surface area (Å²) in [6, 6.07) is 13.4. The van der Waals surface area contributed by atoms with Crippen molar-refractivity contribution in [2.24, 2.45) is 4.99 Å². The van der Waals surface area contributed by atoms with Crippen molar-refractivity contribution in [3.8, 4) is 17.2 Å². The number of aryl methyl sites for hydroxylation is 1. The van der Waals surface area contributed by atoms with E-state index in [1.54, 1.807) is 19.2 Å². The maximum Gasteiger partial charge on any atom is 0.191 e. The van der Waals surface area contributed by atoms with Crippen LogP contribution in [0, 0.1) is 0 Å². The molecule has 0 aromatic heterocycles. The fourth-order valence-electron chi connectivity index (χ4n) is 2.98. The van der Waals surface area contributed by atoms with E-state index in [2.05, 4.69) is 22.5 Å². The normalized spacial score (nSPS) is 11.9. The maximum atomic E-state index is 9.35. The lowest BCUT2D eigenvalue weighted by Gasteiger charge is -2.20. The Kier molecular flexibility index (Phi) is 12.0.